The maximum absolute atomic E-state index is 11.9. The summed E-state index contributed by atoms with van der Waals surface area (Å²) in [5.74, 6) is 0.151. The third-order valence-corrected chi connectivity index (χ3v) is 3.91. The molecule has 1 heterocycles. The van der Waals surface area contributed by atoms with Crippen molar-refractivity contribution >= 4 is 5.91 Å². The molecule has 0 radical (unpaired) electrons. The van der Waals surface area contributed by atoms with Gasteiger partial charge in [-0.05, 0) is 49.9 Å². The molecule has 1 aliphatic rings. The summed E-state index contributed by atoms with van der Waals surface area (Å²) in [7, 11) is 0. The van der Waals surface area contributed by atoms with Gasteiger partial charge in [-0.15, -0.1) is 0 Å². The highest BCUT2D eigenvalue weighted by Crippen LogP contribution is 2.11. The van der Waals surface area contributed by atoms with Gasteiger partial charge in [0.25, 0.3) is 0 Å². The fourth-order valence-electron chi connectivity index (χ4n) is 2.51. The predicted octanol–water partition coefficient (Wildman–Crippen LogP) is 2.45. The van der Waals surface area contributed by atoms with Crippen LogP contribution in [0.2, 0.25) is 0 Å². The number of hydrogen-bond acceptors (Lipinski definition) is 2. The number of piperidine rings is 1. The summed E-state index contributed by atoms with van der Waals surface area (Å²) < 4.78 is 0. The fraction of sp³-hybridized carbons (Fsp3) is 0.562. The highest BCUT2D eigenvalue weighted by molar-refractivity contribution is 5.76. The van der Waals surface area contributed by atoms with E-state index in [9.17, 15) is 4.79 Å². The van der Waals surface area contributed by atoms with E-state index < -0.39 is 0 Å². The highest BCUT2D eigenvalue weighted by atomic mass is 16.1. The van der Waals surface area contributed by atoms with Gasteiger partial charge in [0.1, 0.15) is 0 Å². The number of aryl methyl sites for hydroxylation is 2. The van der Waals surface area contributed by atoms with Crippen LogP contribution in [-0.2, 0) is 11.3 Å². The average molecular weight is 260 g/mol. The molecule has 0 saturated carbocycles. The monoisotopic (exact) mass is 260 g/mol. The van der Waals surface area contributed by atoms with Crippen molar-refractivity contribution in [3.05, 3.63) is 34.9 Å². The Morgan fingerprint density at radius 2 is 2.16 bits per heavy atom. The van der Waals surface area contributed by atoms with Gasteiger partial charge >= 0.3 is 0 Å². The summed E-state index contributed by atoms with van der Waals surface area (Å²) in [6.45, 7) is 5.89. The molecule has 1 saturated heterocycles. The molecule has 1 aromatic carbocycles. The summed E-state index contributed by atoms with van der Waals surface area (Å²) in [5, 5.41) is 6.42. The van der Waals surface area contributed by atoms with Crippen molar-refractivity contribution in [1.29, 1.82) is 0 Å². The van der Waals surface area contributed by atoms with Crippen molar-refractivity contribution in [2.75, 3.05) is 6.54 Å². The van der Waals surface area contributed by atoms with E-state index in [2.05, 4.69) is 42.7 Å². The lowest BCUT2D eigenvalue weighted by Gasteiger charge is -2.22. The van der Waals surface area contributed by atoms with Crippen LogP contribution in [0.5, 0.6) is 0 Å². The predicted molar refractivity (Wildman–Crippen MR) is 78.0 cm³/mol. The van der Waals surface area contributed by atoms with E-state index in [-0.39, 0.29) is 5.91 Å². The molecular formula is C16H24N2O. The molecule has 0 bridgehead atoms. The zero-order chi connectivity index (χ0) is 13.7. The average Bonchev–Trinajstić information content (AvgIpc) is 2.41. The van der Waals surface area contributed by atoms with Crippen LogP contribution in [0.4, 0.5) is 0 Å². The third-order valence-electron chi connectivity index (χ3n) is 3.91. The Kier molecular flexibility index (Phi) is 4.97. The normalized spacial score (nSPS) is 19.2. The molecule has 1 unspecified atom stereocenters. The maximum Gasteiger partial charge on any atom is 0.221 e. The first kappa shape index (κ1) is 14.1. The molecule has 0 aliphatic carbocycles. The van der Waals surface area contributed by atoms with Gasteiger partial charge in [0.05, 0.1) is 0 Å². The van der Waals surface area contributed by atoms with Crippen LogP contribution in [0.1, 0.15) is 42.4 Å². The summed E-state index contributed by atoms with van der Waals surface area (Å²) in [5.41, 5.74) is 3.75. The summed E-state index contributed by atoms with van der Waals surface area (Å²) in [4.78, 5) is 11.9. The number of benzene rings is 1. The molecule has 0 aromatic heterocycles. The minimum absolute atomic E-state index is 0.151. The molecule has 3 nitrogen and oxygen atoms in total. The zero-order valence-corrected chi connectivity index (χ0v) is 12.0. The van der Waals surface area contributed by atoms with Crippen LogP contribution in [0, 0.1) is 13.8 Å². The van der Waals surface area contributed by atoms with Gasteiger partial charge < -0.3 is 10.6 Å². The lowest BCUT2D eigenvalue weighted by molar-refractivity contribution is -0.121. The minimum Gasteiger partial charge on any atom is -0.352 e. The number of carbonyl (C=O) groups excluding carboxylic acids is 1. The summed E-state index contributed by atoms with van der Waals surface area (Å²) >= 11 is 0. The Morgan fingerprint density at radius 1 is 1.32 bits per heavy atom. The van der Waals surface area contributed by atoms with Gasteiger partial charge in [0.15, 0.2) is 0 Å². The van der Waals surface area contributed by atoms with Gasteiger partial charge in [-0.2, -0.15) is 0 Å². The molecule has 0 spiro atoms. The fourth-order valence-corrected chi connectivity index (χ4v) is 2.51. The standard InChI is InChI=1S/C16H24N2O/c1-12-6-7-14(9-13(12)2)11-18-16(19)10-15-5-3-4-8-17-15/h6-7,9,15,17H,3-5,8,10-11H2,1-2H3,(H,18,19). The molecule has 2 rings (SSSR count). The van der Waals surface area contributed by atoms with Gasteiger partial charge in [0.2, 0.25) is 5.91 Å². The van der Waals surface area contributed by atoms with Gasteiger partial charge in [0, 0.05) is 19.0 Å². The quantitative estimate of drug-likeness (QED) is 0.873. The van der Waals surface area contributed by atoms with Crippen molar-refractivity contribution in [3.63, 3.8) is 0 Å². The molecule has 1 amide bonds. The van der Waals surface area contributed by atoms with Crippen molar-refractivity contribution in [2.45, 2.75) is 52.1 Å². The van der Waals surface area contributed by atoms with Crippen LogP contribution >= 0.6 is 0 Å². The van der Waals surface area contributed by atoms with Crippen LogP contribution in [-0.4, -0.2) is 18.5 Å². The van der Waals surface area contributed by atoms with Crippen LogP contribution in [0.15, 0.2) is 18.2 Å². The zero-order valence-electron chi connectivity index (χ0n) is 12.0. The van der Waals surface area contributed by atoms with E-state index in [0.717, 1.165) is 13.0 Å². The van der Waals surface area contributed by atoms with E-state index in [1.54, 1.807) is 0 Å². The third kappa shape index (κ3) is 4.35. The number of rotatable bonds is 4. The number of hydrogen-bond donors (Lipinski definition) is 2. The van der Waals surface area contributed by atoms with Crippen LogP contribution < -0.4 is 10.6 Å². The van der Waals surface area contributed by atoms with Crippen molar-refractivity contribution in [3.8, 4) is 0 Å². The van der Waals surface area contributed by atoms with E-state index >= 15 is 0 Å². The first-order chi connectivity index (χ1) is 9.15. The maximum atomic E-state index is 11.9. The first-order valence-electron chi connectivity index (χ1n) is 7.21. The topological polar surface area (TPSA) is 41.1 Å². The van der Waals surface area contributed by atoms with Crippen molar-refractivity contribution < 1.29 is 4.79 Å². The Balaban J connectivity index is 1.77. The second-order valence-corrected chi connectivity index (χ2v) is 5.55. The minimum atomic E-state index is 0.151. The lowest BCUT2D eigenvalue weighted by atomic mass is 10.0. The molecule has 2 N–H and O–H groups in total. The Hall–Kier alpha value is -1.35. The second-order valence-electron chi connectivity index (χ2n) is 5.55. The molecular weight excluding hydrogens is 236 g/mol. The molecule has 1 atom stereocenters. The smallest absolute Gasteiger partial charge is 0.221 e. The first-order valence-corrected chi connectivity index (χ1v) is 7.21. The highest BCUT2D eigenvalue weighted by Gasteiger charge is 2.15. The van der Waals surface area contributed by atoms with E-state index in [0.29, 0.717) is 19.0 Å². The van der Waals surface area contributed by atoms with Gasteiger partial charge in [-0.1, -0.05) is 24.6 Å². The van der Waals surface area contributed by atoms with Gasteiger partial charge in [-0.25, -0.2) is 0 Å². The molecule has 1 fully saturated rings. The second kappa shape index (κ2) is 6.71. The molecule has 1 aliphatic heterocycles. The number of carbonyl (C=O) groups is 1. The summed E-state index contributed by atoms with van der Waals surface area (Å²) in [6.07, 6.45) is 4.20. The van der Waals surface area contributed by atoms with Crippen molar-refractivity contribution in [1.82, 2.24) is 10.6 Å². The lowest BCUT2D eigenvalue weighted by Crippen LogP contribution is -2.38. The molecule has 3 heteroatoms. The van der Waals surface area contributed by atoms with Crippen molar-refractivity contribution in [2.24, 2.45) is 0 Å². The molecule has 104 valence electrons. The molecule has 1 aromatic rings. The SMILES string of the molecule is Cc1ccc(CNC(=O)CC2CCCCN2)cc1C. The largest absolute Gasteiger partial charge is 0.352 e. The molecule has 19 heavy (non-hydrogen) atoms. The van der Waals surface area contributed by atoms with Crippen LogP contribution in [0.25, 0.3) is 0 Å². The van der Waals surface area contributed by atoms with E-state index in [4.69, 9.17) is 0 Å². The number of nitrogens with one attached hydrogen (secondary N) is 2. The Morgan fingerprint density at radius 3 is 2.84 bits per heavy atom. The number of amides is 1. The van der Waals surface area contributed by atoms with Crippen LogP contribution in [0.3, 0.4) is 0 Å². The van der Waals surface area contributed by atoms with E-state index in [1.807, 2.05) is 0 Å². The Bertz CT molecular complexity index is 436. The Labute approximate surface area is 115 Å². The van der Waals surface area contributed by atoms with Gasteiger partial charge in [-0.3, -0.25) is 4.79 Å². The summed E-state index contributed by atoms with van der Waals surface area (Å²) in [6, 6.07) is 6.71. The van der Waals surface area contributed by atoms with E-state index in [1.165, 1.54) is 29.5 Å².